The fraction of sp³-hybridized carbons (Fsp3) is 0.929. The number of hydrogen-bond donors (Lipinski definition) is 1. The van der Waals surface area contributed by atoms with Crippen LogP contribution in [0.25, 0.3) is 0 Å². The smallest absolute Gasteiger partial charge is 0.220 e. The minimum absolute atomic E-state index is 0.245. The Morgan fingerprint density at radius 2 is 1.75 bits per heavy atom. The van der Waals surface area contributed by atoms with Gasteiger partial charge in [-0.3, -0.25) is 4.79 Å². The molecule has 0 atom stereocenters. The van der Waals surface area contributed by atoms with E-state index in [-0.39, 0.29) is 11.3 Å². The van der Waals surface area contributed by atoms with Crippen molar-refractivity contribution >= 4 is 5.91 Å². The Morgan fingerprint density at radius 3 is 2.25 bits per heavy atom. The van der Waals surface area contributed by atoms with Gasteiger partial charge in [-0.1, -0.05) is 27.7 Å². The van der Waals surface area contributed by atoms with E-state index in [2.05, 4.69) is 33.0 Å². The third-order valence-electron chi connectivity index (χ3n) is 3.48. The monoisotopic (exact) mass is 225 g/mol. The molecule has 1 fully saturated rings. The van der Waals surface area contributed by atoms with Crippen LogP contribution in [-0.2, 0) is 4.79 Å². The van der Waals surface area contributed by atoms with Crippen LogP contribution in [0.15, 0.2) is 0 Å². The number of amides is 1. The van der Waals surface area contributed by atoms with Crippen molar-refractivity contribution in [3.63, 3.8) is 0 Å². The Kier molecular flexibility index (Phi) is 4.82. The standard InChI is InChI=1S/C14H27NO/c1-11-5-7-12(8-6-11)15-13(16)9-10-14(2,3)4/h11-12H,5-10H2,1-4H3,(H,15,16). The molecule has 2 heteroatoms. The largest absolute Gasteiger partial charge is 0.353 e. The molecule has 2 nitrogen and oxygen atoms in total. The maximum Gasteiger partial charge on any atom is 0.220 e. The van der Waals surface area contributed by atoms with Crippen LogP contribution >= 0.6 is 0 Å². The highest BCUT2D eigenvalue weighted by atomic mass is 16.1. The zero-order chi connectivity index (χ0) is 12.2. The predicted molar refractivity (Wildman–Crippen MR) is 68.3 cm³/mol. The lowest BCUT2D eigenvalue weighted by Gasteiger charge is -2.27. The van der Waals surface area contributed by atoms with Gasteiger partial charge < -0.3 is 5.32 Å². The van der Waals surface area contributed by atoms with Crippen molar-refractivity contribution < 1.29 is 4.79 Å². The molecule has 0 aromatic heterocycles. The molecule has 0 aromatic rings. The van der Waals surface area contributed by atoms with E-state index < -0.39 is 0 Å². The number of hydrogen-bond acceptors (Lipinski definition) is 1. The van der Waals surface area contributed by atoms with Crippen LogP contribution < -0.4 is 5.32 Å². The van der Waals surface area contributed by atoms with Gasteiger partial charge in [0.2, 0.25) is 5.91 Å². The molecule has 1 rings (SSSR count). The average molecular weight is 225 g/mol. The molecule has 1 aliphatic carbocycles. The van der Waals surface area contributed by atoms with Crippen molar-refractivity contribution in [2.45, 2.75) is 72.3 Å². The van der Waals surface area contributed by atoms with Crippen molar-refractivity contribution in [2.75, 3.05) is 0 Å². The molecule has 0 bridgehead atoms. The molecule has 0 aromatic carbocycles. The second-order valence-electron chi connectivity index (χ2n) is 6.58. The van der Waals surface area contributed by atoms with Gasteiger partial charge in [0.15, 0.2) is 0 Å². The van der Waals surface area contributed by atoms with E-state index in [0.29, 0.717) is 12.5 Å². The van der Waals surface area contributed by atoms with E-state index in [4.69, 9.17) is 0 Å². The van der Waals surface area contributed by atoms with Crippen molar-refractivity contribution in [1.82, 2.24) is 5.32 Å². The molecular weight excluding hydrogens is 198 g/mol. The Balaban J connectivity index is 2.19. The summed E-state index contributed by atoms with van der Waals surface area (Å²) < 4.78 is 0. The zero-order valence-corrected chi connectivity index (χ0v) is 11.3. The normalized spacial score (nSPS) is 26.5. The summed E-state index contributed by atoms with van der Waals surface area (Å²) in [5, 5.41) is 3.17. The molecule has 1 saturated carbocycles. The molecule has 94 valence electrons. The van der Waals surface area contributed by atoms with Crippen molar-refractivity contribution in [2.24, 2.45) is 11.3 Å². The molecule has 0 spiro atoms. The minimum atomic E-state index is 0.245. The van der Waals surface area contributed by atoms with Gasteiger partial charge in [0.1, 0.15) is 0 Å². The summed E-state index contributed by atoms with van der Waals surface area (Å²) in [6.45, 7) is 8.85. The SMILES string of the molecule is CC1CCC(NC(=O)CCC(C)(C)C)CC1. The number of nitrogens with one attached hydrogen (secondary N) is 1. The number of rotatable bonds is 3. The van der Waals surface area contributed by atoms with Gasteiger partial charge in [-0.05, 0) is 43.4 Å². The topological polar surface area (TPSA) is 29.1 Å². The van der Waals surface area contributed by atoms with Gasteiger partial charge >= 0.3 is 0 Å². The molecule has 0 radical (unpaired) electrons. The Morgan fingerprint density at radius 1 is 1.19 bits per heavy atom. The third kappa shape index (κ3) is 5.53. The van der Waals surface area contributed by atoms with Gasteiger partial charge in [-0.25, -0.2) is 0 Å². The molecule has 1 amide bonds. The molecular formula is C14H27NO. The Hall–Kier alpha value is -0.530. The first-order chi connectivity index (χ1) is 7.37. The molecule has 1 N–H and O–H groups in total. The fourth-order valence-corrected chi connectivity index (χ4v) is 2.19. The number of carbonyl (C=O) groups is 1. The van der Waals surface area contributed by atoms with Gasteiger partial charge in [0, 0.05) is 12.5 Å². The molecule has 0 aliphatic heterocycles. The quantitative estimate of drug-likeness (QED) is 0.782. The van der Waals surface area contributed by atoms with Gasteiger partial charge in [-0.2, -0.15) is 0 Å². The number of carbonyl (C=O) groups excluding carboxylic acids is 1. The highest BCUT2D eigenvalue weighted by Crippen LogP contribution is 2.24. The maximum absolute atomic E-state index is 11.7. The summed E-state index contributed by atoms with van der Waals surface area (Å²) in [5.74, 6) is 1.09. The van der Waals surface area contributed by atoms with Crippen molar-refractivity contribution in [1.29, 1.82) is 0 Å². The van der Waals surface area contributed by atoms with Crippen LogP contribution in [0.3, 0.4) is 0 Å². The minimum Gasteiger partial charge on any atom is -0.353 e. The zero-order valence-electron chi connectivity index (χ0n) is 11.3. The van der Waals surface area contributed by atoms with Gasteiger partial charge in [-0.15, -0.1) is 0 Å². The predicted octanol–water partition coefficient (Wildman–Crippen LogP) is 3.51. The first-order valence-corrected chi connectivity index (χ1v) is 6.66. The highest BCUT2D eigenvalue weighted by Gasteiger charge is 2.20. The summed E-state index contributed by atoms with van der Waals surface area (Å²) in [6.07, 6.45) is 6.52. The lowest BCUT2D eigenvalue weighted by molar-refractivity contribution is -0.122. The lowest BCUT2D eigenvalue weighted by atomic mass is 9.87. The Labute approximate surface area is 100 Å². The van der Waals surface area contributed by atoms with E-state index in [0.717, 1.165) is 12.3 Å². The fourth-order valence-electron chi connectivity index (χ4n) is 2.19. The first kappa shape index (κ1) is 13.5. The summed E-state index contributed by atoms with van der Waals surface area (Å²) in [6, 6.07) is 0.448. The lowest BCUT2D eigenvalue weighted by Crippen LogP contribution is -2.37. The maximum atomic E-state index is 11.7. The first-order valence-electron chi connectivity index (χ1n) is 6.66. The van der Waals surface area contributed by atoms with Crippen LogP contribution in [-0.4, -0.2) is 11.9 Å². The van der Waals surface area contributed by atoms with Crippen LogP contribution in [0.1, 0.15) is 66.2 Å². The van der Waals surface area contributed by atoms with Crippen LogP contribution in [0.5, 0.6) is 0 Å². The van der Waals surface area contributed by atoms with Crippen molar-refractivity contribution in [3.05, 3.63) is 0 Å². The molecule has 0 saturated heterocycles. The average Bonchev–Trinajstić information content (AvgIpc) is 2.18. The highest BCUT2D eigenvalue weighted by molar-refractivity contribution is 5.76. The Bertz CT molecular complexity index is 221. The van der Waals surface area contributed by atoms with Crippen LogP contribution in [0.4, 0.5) is 0 Å². The van der Waals surface area contributed by atoms with E-state index in [9.17, 15) is 4.79 Å². The summed E-state index contributed by atoms with van der Waals surface area (Å²) in [4.78, 5) is 11.7. The molecule has 16 heavy (non-hydrogen) atoms. The van der Waals surface area contributed by atoms with E-state index in [1.165, 1.54) is 25.7 Å². The summed E-state index contributed by atoms with van der Waals surface area (Å²) in [7, 11) is 0. The second kappa shape index (κ2) is 5.70. The van der Waals surface area contributed by atoms with Crippen LogP contribution in [0, 0.1) is 11.3 Å². The summed E-state index contributed by atoms with van der Waals surface area (Å²) >= 11 is 0. The molecule has 1 aliphatic rings. The second-order valence-corrected chi connectivity index (χ2v) is 6.58. The molecule has 0 heterocycles. The van der Waals surface area contributed by atoms with Crippen molar-refractivity contribution in [3.8, 4) is 0 Å². The summed E-state index contributed by atoms with van der Waals surface area (Å²) in [5.41, 5.74) is 0.262. The van der Waals surface area contributed by atoms with Gasteiger partial charge in [0.25, 0.3) is 0 Å². The van der Waals surface area contributed by atoms with E-state index in [1.54, 1.807) is 0 Å². The van der Waals surface area contributed by atoms with Crippen LogP contribution in [0.2, 0.25) is 0 Å². The molecule has 0 unspecified atom stereocenters. The third-order valence-corrected chi connectivity index (χ3v) is 3.48. The van der Waals surface area contributed by atoms with Gasteiger partial charge in [0.05, 0.1) is 0 Å². The van der Waals surface area contributed by atoms with E-state index in [1.807, 2.05) is 0 Å². The van der Waals surface area contributed by atoms with E-state index >= 15 is 0 Å².